The Labute approximate surface area is 155 Å². The summed E-state index contributed by atoms with van der Waals surface area (Å²) in [5.41, 5.74) is 2.43. The maximum absolute atomic E-state index is 9.17. The molecule has 0 N–H and O–H groups in total. The summed E-state index contributed by atoms with van der Waals surface area (Å²) in [4.78, 5) is 8.86. The minimum Gasteiger partial charge on any atom is -0.439 e. The normalized spacial score (nSPS) is 10.3. The summed E-state index contributed by atoms with van der Waals surface area (Å²) in [7, 11) is 0. The van der Waals surface area contributed by atoms with Gasteiger partial charge in [0.1, 0.15) is 5.75 Å². The summed E-state index contributed by atoms with van der Waals surface area (Å²) in [5, 5.41) is 10.4. The Morgan fingerprint density at radius 2 is 1.96 bits per heavy atom. The van der Waals surface area contributed by atoms with Gasteiger partial charge in [0, 0.05) is 22.5 Å². The first kappa shape index (κ1) is 17.3. The molecule has 0 spiro atoms. The number of thioether (sulfide) groups is 1. The van der Waals surface area contributed by atoms with Crippen molar-refractivity contribution in [3.63, 3.8) is 0 Å². The van der Waals surface area contributed by atoms with Gasteiger partial charge in [-0.15, -0.1) is 0 Å². The summed E-state index contributed by atoms with van der Waals surface area (Å²) < 4.78 is 5.78. The second kappa shape index (κ2) is 8.02. The molecule has 0 radical (unpaired) electrons. The van der Waals surface area contributed by atoms with Crippen molar-refractivity contribution in [1.29, 1.82) is 5.26 Å². The number of nitrogens with zero attached hydrogens (tertiary/aromatic N) is 3. The third-order valence-electron chi connectivity index (χ3n) is 3.32. The molecule has 6 heteroatoms. The molecule has 0 aliphatic heterocycles. The molecule has 3 rings (SSSR count). The van der Waals surface area contributed by atoms with Crippen molar-refractivity contribution in [2.45, 2.75) is 17.8 Å². The molecule has 0 aliphatic carbocycles. The van der Waals surface area contributed by atoms with Gasteiger partial charge in [-0.3, -0.25) is 0 Å². The van der Waals surface area contributed by atoms with Crippen LogP contribution in [0.25, 0.3) is 0 Å². The van der Waals surface area contributed by atoms with Crippen LogP contribution in [-0.4, -0.2) is 9.97 Å². The third-order valence-corrected chi connectivity index (χ3v) is 4.45. The topological polar surface area (TPSA) is 58.8 Å². The number of rotatable bonds is 5. The predicted molar refractivity (Wildman–Crippen MR) is 99.0 cm³/mol. The average molecular weight is 368 g/mol. The zero-order valence-corrected chi connectivity index (χ0v) is 15.0. The number of ether oxygens (including phenoxy) is 1. The average Bonchev–Trinajstić information content (AvgIpc) is 2.60. The van der Waals surface area contributed by atoms with E-state index in [1.165, 1.54) is 11.8 Å². The van der Waals surface area contributed by atoms with Gasteiger partial charge in [-0.2, -0.15) is 10.2 Å². The van der Waals surface area contributed by atoms with E-state index in [9.17, 15) is 0 Å². The first-order valence-corrected chi connectivity index (χ1v) is 8.90. The molecule has 0 amide bonds. The second-order valence-electron chi connectivity index (χ2n) is 5.25. The van der Waals surface area contributed by atoms with Crippen molar-refractivity contribution >= 4 is 23.4 Å². The van der Waals surface area contributed by atoms with E-state index in [0.717, 1.165) is 11.3 Å². The van der Waals surface area contributed by atoms with Gasteiger partial charge in [0.25, 0.3) is 0 Å². The highest BCUT2D eigenvalue weighted by atomic mass is 35.5. The number of aryl methyl sites for hydroxylation is 1. The van der Waals surface area contributed by atoms with E-state index in [4.69, 9.17) is 21.6 Å². The molecule has 0 aliphatic rings. The van der Waals surface area contributed by atoms with Gasteiger partial charge >= 0.3 is 0 Å². The van der Waals surface area contributed by atoms with Crippen LogP contribution >= 0.6 is 23.4 Å². The van der Waals surface area contributed by atoms with Crippen molar-refractivity contribution in [1.82, 2.24) is 9.97 Å². The molecule has 25 heavy (non-hydrogen) atoms. The van der Waals surface area contributed by atoms with Gasteiger partial charge in [0.05, 0.1) is 11.6 Å². The number of halogens is 1. The van der Waals surface area contributed by atoms with Gasteiger partial charge < -0.3 is 4.74 Å². The van der Waals surface area contributed by atoms with Gasteiger partial charge in [0.15, 0.2) is 5.16 Å². The lowest BCUT2D eigenvalue weighted by Gasteiger charge is -2.08. The molecule has 1 aromatic heterocycles. The van der Waals surface area contributed by atoms with Gasteiger partial charge in [-0.1, -0.05) is 47.6 Å². The van der Waals surface area contributed by atoms with Crippen molar-refractivity contribution in [2.75, 3.05) is 0 Å². The van der Waals surface area contributed by atoms with E-state index in [2.05, 4.69) is 16.0 Å². The molecule has 0 atom stereocenters. The molecule has 0 fully saturated rings. The summed E-state index contributed by atoms with van der Waals surface area (Å²) in [6, 6.07) is 18.6. The van der Waals surface area contributed by atoms with Crippen LogP contribution in [0.3, 0.4) is 0 Å². The maximum atomic E-state index is 9.17. The minimum absolute atomic E-state index is 0.464. The van der Waals surface area contributed by atoms with E-state index in [1.807, 2.05) is 37.3 Å². The second-order valence-corrected chi connectivity index (χ2v) is 6.63. The smallest absolute Gasteiger partial charge is 0.223 e. The van der Waals surface area contributed by atoms with Crippen LogP contribution in [0, 0.1) is 18.3 Å². The molecule has 124 valence electrons. The first-order chi connectivity index (χ1) is 12.1. The van der Waals surface area contributed by atoms with E-state index < -0.39 is 0 Å². The highest BCUT2D eigenvalue weighted by Crippen LogP contribution is 2.27. The van der Waals surface area contributed by atoms with E-state index in [-0.39, 0.29) is 0 Å². The zero-order chi connectivity index (χ0) is 17.6. The fourth-order valence-corrected chi connectivity index (χ4v) is 3.26. The Kier molecular flexibility index (Phi) is 5.54. The molecular formula is C19H14ClN3OS. The van der Waals surface area contributed by atoms with E-state index >= 15 is 0 Å². The summed E-state index contributed by atoms with van der Waals surface area (Å²) in [6.07, 6.45) is 0. The van der Waals surface area contributed by atoms with E-state index in [1.54, 1.807) is 24.3 Å². The Hall–Kier alpha value is -2.55. The van der Waals surface area contributed by atoms with Crippen LogP contribution in [-0.2, 0) is 5.75 Å². The van der Waals surface area contributed by atoms with Crippen LogP contribution in [0.1, 0.15) is 16.8 Å². The monoisotopic (exact) mass is 367 g/mol. The number of aromatic nitrogens is 2. The molecular weight excluding hydrogens is 354 g/mol. The fourth-order valence-electron chi connectivity index (χ4n) is 2.18. The molecule has 0 unspecified atom stereocenters. The first-order valence-electron chi connectivity index (χ1n) is 7.54. The SMILES string of the molecule is Cc1cc(Oc2cccc(Cl)c2)nc(SCc2ccccc2C#N)n1. The summed E-state index contributed by atoms with van der Waals surface area (Å²) in [5.74, 6) is 1.70. The number of hydrogen-bond acceptors (Lipinski definition) is 5. The summed E-state index contributed by atoms with van der Waals surface area (Å²) in [6.45, 7) is 1.89. The lowest BCUT2D eigenvalue weighted by atomic mass is 10.1. The van der Waals surface area contributed by atoms with Crippen LogP contribution < -0.4 is 4.74 Å². The third kappa shape index (κ3) is 4.72. The molecule has 0 bridgehead atoms. The summed E-state index contributed by atoms with van der Waals surface area (Å²) >= 11 is 7.44. The lowest BCUT2D eigenvalue weighted by molar-refractivity contribution is 0.454. The van der Waals surface area contributed by atoms with Gasteiger partial charge in [-0.25, -0.2) is 4.98 Å². The minimum atomic E-state index is 0.464. The highest BCUT2D eigenvalue weighted by Gasteiger charge is 2.08. The highest BCUT2D eigenvalue weighted by molar-refractivity contribution is 7.98. The molecule has 2 aromatic carbocycles. The Balaban J connectivity index is 1.76. The van der Waals surface area contributed by atoms with Crippen LogP contribution in [0.4, 0.5) is 0 Å². The van der Waals surface area contributed by atoms with Gasteiger partial charge in [-0.05, 0) is 36.8 Å². The standard InChI is InChI=1S/C19H14ClN3OS/c1-13-9-18(24-17-8-4-7-16(20)10-17)23-19(22-13)25-12-15-6-3-2-5-14(15)11-21/h2-10H,12H2,1H3. The van der Waals surface area contributed by atoms with Crippen molar-refractivity contribution in [3.8, 4) is 17.7 Å². The molecule has 4 nitrogen and oxygen atoms in total. The van der Waals surface area contributed by atoms with Crippen LogP contribution in [0.2, 0.25) is 5.02 Å². The Bertz CT molecular complexity index is 940. The van der Waals surface area contributed by atoms with Crippen LogP contribution in [0.15, 0.2) is 59.8 Å². The molecule has 0 saturated heterocycles. The number of nitriles is 1. The quantitative estimate of drug-likeness (QED) is 0.446. The number of benzene rings is 2. The molecule has 0 saturated carbocycles. The molecule has 3 aromatic rings. The van der Waals surface area contributed by atoms with Crippen molar-refractivity contribution in [2.24, 2.45) is 0 Å². The lowest BCUT2D eigenvalue weighted by Crippen LogP contribution is -1.96. The Morgan fingerprint density at radius 1 is 1.12 bits per heavy atom. The zero-order valence-electron chi connectivity index (χ0n) is 13.4. The Morgan fingerprint density at radius 3 is 2.76 bits per heavy atom. The largest absolute Gasteiger partial charge is 0.439 e. The predicted octanol–water partition coefficient (Wildman–Crippen LogP) is 5.39. The van der Waals surface area contributed by atoms with Crippen molar-refractivity contribution < 1.29 is 4.74 Å². The fraction of sp³-hybridized carbons (Fsp3) is 0.105. The van der Waals surface area contributed by atoms with Crippen LogP contribution in [0.5, 0.6) is 11.6 Å². The molecule has 1 heterocycles. The van der Waals surface area contributed by atoms with Crippen molar-refractivity contribution in [3.05, 3.63) is 76.4 Å². The number of hydrogen-bond donors (Lipinski definition) is 0. The van der Waals surface area contributed by atoms with Gasteiger partial charge in [0.2, 0.25) is 5.88 Å². The maximum Gasteiger partial charge on any atom is 0.223 e. The van der Waals surface area contributed by atoms with E-state index in [0.29, 0.717) is 33.1 Å².